The van der Waals surface area contributed by atoms with Gasteiger partial charge in [-0.3, -0.25) is 9.69 Å². The molecule has 0 spiro atoms. The van der Waals surface area contributed by atoms with E-state index >= 15 is 0 Å². The van der Waals surface area contributed by atoms with Crippen molar-refractivity contribution < 1.29 is 33.0 Å². The van der Waals surface area contributed by atoms with Crippen molar-refractivity contribution in [2.45, 2.75) is 13.5 Å². The number of halogens is 1. The molecule has 1 aliphatic rings. The van der Waals surface area contributed by atoms with E-state index in [-0.39, 0.29) is 23.8 Å². The third-order valence-electron chi connectivity index (χ3n) is 4.18. The lowest BCUT2D eigenvalue weighted by atomic mass is 10.1. The molecular weight excluding hydrogens is 416 g/mol. The molecule has 2 aromatic rings. The van der Waals surface area contributed by atoms with Gasteiger partial charge in [0.2, 0.25) is 5.76 Å². The van der Waals surface area contributed by atoms with Gasteiger partial charge in [-0.15, -0.1) is 0 Å². The summed E-state index contributed by atoms with van der Waals surface area (Å²) in [5, 5.41) is 2.82. The van der Waals surface area contributed by atoms with Gasteiger partial charge in [0.25, 0.3) is 5.91 Å². The van der Waals surface area contributed by atoms with Crippen LogP contribution in [-0.2, 0) is 16.1 Å². The number of hydrogen-bond acceptors (Lipinski definition) is 7. The number of carbonyl (C=O) groups excluding carboxylic acids is 3. The standard InChI is InChI=1S/C20H19ClN2O7/c1-4-29-17-13(21)7-11(9-16(17)27-2)8-14-18(24)23(20(26)22-14)10-12-5-6-15(30-12)19(25)28-3/h5-9H,4,10H2,1-3H3,(H,22,26). The second-order valence-electron chi connectivity index (χ2n) is 6.10. The monoisotopic (exact) mass is 434 g/mol. The van der Waals surface area contributed by atoms with E-state index < -0.39 is 17.9 Å². The number of ether oxygens (including phenoxy) is 3. The highest BCUT2D eigenvalue weighted by molar-refractivity contribution is 6.32. The van der Waals surface area contributed by atoms with Crippen molar-refractivity contribution in [2.75, 3.05) is 20.8 Å². The molecule has 2 heterocycles. The zero-order chi connectivity index (χ0) is 21.8. The summed E-state index contributed by atoms with van der Waals surface area (Å²) in [6.45, 7) is 2.08. The summed E-state index contributed by atoms with van der Waals surface area (Å²) in [4.78, 5) is 37.4. The molecule has 3 rings (SSSR count). The summed E-state index contributed by atoms with van der Waals surface area (Å²) in [5.74, 6) is -0.181. The maximum Gasteiger partial charge on any atom is 0.373 e. The van der Waals surface area contributed by atoms with E-state index in [0.717, 1.165) is 4.90 Å². The number of amides is 3. The van der Waals surface area contributed by atoms with Crippen molar-refractivity contribution in [3.8, 4) is 11.5 Å². The molecule has 1 N–H and O–H groups in total. The topological polar surface area (TPSA) is 107 Å². The van der Waals surface area contributed by atoms with Crippen LogP contribution in [0.25, 0.3) is 6.08 Å². The van der Waals surface area contributed by atoms with Crippen molar-refractivity contribution in [2.24, 2.45) is 0 Å². The number of methoxy groups -OCH3 is 2. The van der Waals surface area contributed by atoms with E-state index in [1.165, 1.54) is 32.4 Å². The SMILES string of the molecule is CCOc1c(Cl)cc(C=C2NC(=O)N(Cc3ccc(C(=O)OC)o3)C2=O)cc1OC. The van der Waals surface area contributed by atoms with Gasteiger partial charge in [-0.2, -0.15) is 0 Å². The van der Waals surface area contributed by atoms with Crippen LogP contribution in [0.2, 0.25) is 5.02 Å². The molecule has 9 nitrogen and oxygen atoms in total. The Hall–Kier alpha value is -3.46. The Bertz CT molecular complexity index is 1030. The van der Waals surface area contributed by atoms with Crippen molar-refractivity contribution in [3.05, 3.63) is 52.1 Å². The molecule has 0 atom stereocenters. The van der Waals surface area contributed by atoms with E-state index in [4.69, 9.17) is 25.5 Å². The highest BCUT2D eigenvalue weighted by Gasteiger charge is 2.34. The molecule has 1 aliphatic heterocycles. The van der Waals surface area contributed by atoms with Gasteiger partial charge in [-0.05, 0) is 42.8 Å². The Morgan fingerprint density at radius 1 is 1.27 bits per heavy atom. The first-order chi connectivity index (χ1) is 14.4. The molecule has 0 bridgehead atoms. The van der Waals surface area contributed by atoms with E-state index in [9.17, 15) is 14.4 Å². The first-order valence-corrected chi connectivity index (χ1v) is 9.27. The summed E-state index contributed by atoms with van der Waals surface area (Å²) < 4.78 is 20.6. The molecular formula is C20H19ClN2O7. The largest absolute Gasteiger partial charge is 0.493 e. The average molecular weight is 435 g/mol. The van der Waals surface area contributed by atoms with Gasteiger partial charge in [0.05, 0.1) is 32.4 Å². The number of benzene rings is 1. The summed E-state index contributed by atoms with van der Waals surface area (Å²) in [7, 11) is 2.70. The third-order valence-corrected chi connectivity index (χ3v) is 4.46. The third kappa shape index (κ3) is 4.25. The Kier molecular flexibility index (Phi) is 6.31. The Balaban J connectivity index is 1.82. The highest BCUT2D eigenvalue weighted by Crippen LogP contribution is 2.37. The minimum absolute atomic E-state index is 0.0218. The number of nitrogens with zero attached hydrogens (tertiary/aromatic N) is 1. The minimum Gasteiger partial charge on any atom is -0.493 e. The fourth-order valence-electron chi connectivity index (χ4n) is 2.82. The maximum atomic E-state index is 12.7. The second-order valence-corrected chi connectivity index (χ2v) is 6.51. The first kappa shape index (κ1) is 21.3. The zero-order valence-corrected chi connectivity index (χ0v) is 17.2. The normalized spacial score (nSPS) is 14.8. The number of rotatable bonds is 7. The predicted molar refractivity (Wildman–Crippen MR) is 106 cm³/mol. The lowest BCUT2D eigenvalue weighted by molar-refractivity contribution is -0.123. The molecule has 1 aromatic carbocycles. The van der Waals surface area contributed by atoms with Crippen LogP contribution in [0.1, 0.15) is 28.8 Å². The van der Waals surface area contributed by atoms with Crippen LogP contribution in [0.15, 0.2) is 34.4 Å². The van der Waals surface area contributed by atoms with Gasteiger partial charge in [-0.1, -0.05) is 11.6 Å². The minimum atomic E-state index is -0.652. The number of carbonyl (C=O) groups is 3. The molecule has 0 aliphatic carbocycles. The number of urea groups is 1. The number of imide groups is 1. The van der Waals surface area contributed by atoms with E-state index in [0.29, 0.717) is 28.7 Å². The van der Waals surface area contributed by atoms with Crippen LogP contribution in [0.4, 0.5) is 4.79 Å². The Morgan fingerprint density at radius 3 is 2.70 bits per heavy atom. The molecule has 1 saturated heterocycles. The number of furan rings is 1. The summed E-state index contributed by atoms with van der Waals surface area (Å²) >= 11 is 6.25. The number of esters is 1. The van der Waals surface area contributed by atoms with Crippen LogP contribution in [-0.4, -0.2) is 43.6 Å². The fourth-order valence-corrected chi connectivity index (χ4v) is 3.09. The quantitative estimate of drug-likeness (QED) is 0.405. The number of nitrogens with one attached hydrogen (secondary N) is 1. The summed E-state index contributed by atoms with van der Waals surface area (Å²) in [6.07, 6.45) is 1.48. The molecule has 0 radical (unpaired) electrons. The van der Waals surface area contributed by atoms with Crippen LogP contribution < -0.4 is 14.8 Å². The maximum absolute atomic E-state index is 12.7. The van der Waals surface area contributed by atoms with Gasteiger partial charge >= 0.3 is 12.0 Å². The lowest BCUT2D eigenvalue weighted by Crippen LogP contribution is -2.30. The lowest BCUT2D eigenvalue weighted by Gasteiger charge is -2.12. The highest BCUT2D eigenvalue weighted by atomic mass is 35.5. The van der Waals surface area contributed by atoms with E-state index in [1.807, 2.05) is 6.92 Å². The van der Waals surface area contributed by atoms with Crippen LogP contribution in [0.3, 0.4) is 0 Å². The van der Waals surface area contributed by atoms with E-state index in [1.54, 1.807) is 12.1 Å². The fraction of sp³-hybridized carbons (Fsp3) is 0.250. The summed E-state index contributed by atoms with van der Waals surface area (Å²) in [6, 6.07) is 5.52. The van der Waals surface area contributed by atoms with Gasteiger partial charge in [-0.25, -0.2) is 9.59 Å². The molecule has 0 saturated carbocycles. The molecule has 0 unspecified atom stereocenters. The van der Waals surface area contributed by atoms with Crippen molar-refractivity contribution >= 4 is 35.6 Å². The van der Waals surface area contributed by atoms with Gasteiger partial charge in [0, 0.05) is 0 Å². The molecule has 1 fully saturated rings. The molecule has 3 amide bonds. The Morgan fingerprint density at radius 2 is 2.03 bits per heavy atom. The van der Waals surface area contributed by atoms with E-state index in [2.05, 4.69) is 10.1 Å². The first-order valence-electron chi connectivity index (χ1n) is 8.89. The van der Waals surface area contributed by atoms with Crippen molar-refractivity contribution in [1.29, 1.82) is 0 Å². The van der Waals surface area contributed by atoms with Crippen molar-refractivity contribution in [3.63, 3.8) is 0 Å². The summed E-state index contributed by atoms with van der Waals surface area (Å²) in [5.41, 5.74) is 0.596. The van der Waals surface area contributed by atoms with Crippen LogP contribution in [0.5, 0.6) is 11.5 Å². The molecule has 10 heteroatoms. The van der Waals surface area contributed by atoms with Gasteiger partial charge in [0.1, 0.15) is 11.5 Å². The van der Waals surface area contributed by atoms with Crippen molar-refractivity contribution in [1.82, 2.24) is 10.2 Å². The zero-order valence-electron chi connectivity index (χ0n) is 16.5. The second kappa shape index (κ2) is 8.91. The smallest absolute Gasteiger partial charge is 0.373 e. The average Bonchev–Trinajstić information content (AvgIpc) is 3.30. The predicted octanol–water partition coefficient (Wildman–Crippen LogP) is 3.22. The Labute approximate surface area is 177 Å². The van der Waals surface area contributed by atoms with Gasteiger partial charge in [0.15, 0.2) is 11.5 Å². The number of hydrogen-bond donors (Lipinski definition) is 1. The molecule has 1 aromatic heterocycles. The van der Waals surface area contributed by atoms with Crippen LogP contribution >= 0.6 is 11.6 Å². The van der Waals surface area contributed by atoms with Gasteiger partial charge < -0.3 is 23.9 Å². The van der Waals surface area contributed by atoms with Crippen LogP contribution in [0, 0.1) is 0 Å². The molecule has 158 valence electrons. The molecule has 30 heavy (non-hydrogen) atoms.